The van der Waals surface area contributed by atoms with Gasteiger partial charge in [0.25, 0.3) is 5.82 Å². The highest BCUT2D eigenvalue weighted by Gasteiger charge is 2.17. The standard InChI is InChI=1S/C33H49N2/c1-2-3-4-5-6-7-8-9-10-11-12-13-14-21-26-34-27-28-35(30-32-24-19-16-20-25-32)33(34)29-31-22-17-15-18-23-31/h15-20,22-25,27-28H,2-14,21,26,29-30H2,1H3/q+1. The zero-order valence-electron chi connectivity index (χ0n) is 22.3. The number of imidazole rings is 1. The summed E-state index contributed by atoms with van der Waals surface area (Å²) in [5.41, 5.74) is 2.75. The third-order valence-electron chi connectivity index (χ3n) is 7.24. The summed E-state index contributed by atoms with van der Waals surface area (Å²) in [6, 6.07) is 21.7. The minimum absolute atomic E-state index is 0.939. The van der Waals surface area contributed by atoms with Gasteiger partial charge in [-0.1, -0.05) is 145 Å². The molecule has 0 N–H and O–H groups in total. The number of nitrogens with zero attached hydrogens (tertiary/aromatic N) is 2. The molecule has 0 amide bonds. The number of aromatic nitrogens is 2. The van der Waals surface area contributed by atoms with Gasteiger partial charge in [0.05, 0.1) is 13.0 Å². The van der Waals surface area contributed by atoms with E-state index in [1.807, 2.05) is 0 Å². The lowest BCUT2D eigenvalue weighted by molar-refractivity contribution is -0.695. The molecule has 0 aliphatic carbocycles. The largest absolute Gasteiger partial charge is 0.261 e. The first-order valence-electron chi connectivity index (χ1n) is 14.5. The minimum Gasteiger partial charge on any atom is -0.234 e. The summed E-state index contributed by atoms with van der Waals surface area (Å²) in [4.78, 5) is 0. The molecule has 3 rings (SSSR count). The van der Waals surface area contributed by atoms with Gasteiger partial charge in [0.2, 0.25) is 0 Å². The van der Waals surface area contributed by atoms with E-state index in [0.29, 0.717) is 0 Å². The fourth-order valence-electron chi connectivity index (χ4n) is 5.08. The molecule has 2 aromatic carbocycles. The SMILES string of the molecule is CCCCCCCCCCCCCCCCn1cc[n+](Cc2ccccc2)c1Cc1ccccc1. The molecule has 35 heavy (non-hydrogen) atoms. The molecule has 0 aliphatic rings. The lowest BCUT2D eigenvalue weighted by Crippen LogP contribution is -2.38. The molecule has 1 heterocycles. The Hall–Kier alpha value is -2.35. The number of aryl methyl sites for hydroxylation is 1. The Kier molecular flexibility index (Phi) is 13.3. The first kappa shape index (κ1) is 27.2. The van der Waals surface area contributed by atoms with Crippen molar-refractivity contribution in [2.75, 3.05) is 0 Å². The van der Waals surface area contributed by atoms with Crippen molar-refractivity contribution in [2.45, 2.75) is 116 Å². The van der Waals surface area contributed by atoms with Gasteiger partial charge in [-0.25, -0.2) is 9.13 Å². The maximum Gasteiger partial charge on any atom is 0.261 e. The van der Waals surface area contributed by atoms with E-state index >= 15 is 0 Å². The number of hydrogen-bond donors (Lipinski definition) is 0. The lowest BCUT2D eigenvalue weighted by atomic mass is 10.0. The Morgan fingerprint density at radius 3 is 1.60 bits per heavy atom. The molecule has 0 radical (unpaired) electrons. The first-order valence-corrected chi connectivity index (χ1v) is 14.5. The maximum absolute atomic E-state index is 2.50. The van der Waals surface area contributed by atoms with Gasteiger partial charge < -0.3 is 0 Å². The van der Waals surface area contributed by atoms with Crippen LogP contribution in [0.1, 0.15) is 114 Å². The minimum atomic E-state index is 0.939. The summed E-state index contributed by atoms with van der Waals surface area (Å²) in [5.74, 6) is 1.41. The molecule has 2 nitrogen and oxygen atoms in total. The van der Waals surface area contributed by atoms with Crippen molar-refractivity contribution in [1.29, 1.82) is 0 Å². The fraction of sp³-hybridized carbons (Fsp3) is 0.545. The van der Waals surface area contributed by atoms with Crippen molar-refractivity contribution in [3.05, 3.63) is 90.0 Å². The van der Waals surface area contributed by atoms with Gasteiger partial charge in [0.15, 0.2) is 0 Å². The van der Waals surface area contributed by atoms with E-state index in [-0.39, 0.29) is 0 Å². The second-order valence-corrected chi connectivity index (χ2v) is 10.3. The molecule has 3 aromatic rings. The molecular weight excluding hydrogens is 424 g/mol. The average molecular weight is 474 g/mol. The molecule has 0 atom stereocenters. The van der Waals surface area contributed by atoms with Gasteiger partial charge in [-0.15, -0.1) is 0 Å². The molecule has 0 spiro atoms. The third-order valence-corrected chi connectivity index (χ3v) is 7.24. The van der Waals surface area contributed by atoms with Crippen LogP contribution in [0, 0.1) is 0 Å². The van der Waals surface area contributed by atoms with Gasteiger partial charge in [-0.05, 0) is 24.0 Å². The summed E-state index contributed by atoms with van der Waals surface area (Å²) in [6.07, 6.45) is 25.3. The van der Waals surface area contributed by atoms with E-state index in [1.54, 1.807) is 0 Å². The van der Waals surface area contributed by atoms with Crippen LogP contribution in [0.4, 0.5) is 0 Å². The van der Waals surface area contributed by atoms with E-state index in [9.17, 15) is 0 Å². The number of unbranched alkanes of at least 4 members (excludes halogenated alkanes) is 13. The highest BCUT2D eigenvalue weighted by atomic mass is 15.1. The molecule has 0 fully saturated rings. The molecule has 0 unspecified atom stereocenters. The predicted molar refractivity (Wildman–Crippen MR) is 150 cm³/mol. The molecule has 1 aromatic heterocycles. The summed E-state index contributed by atoms with van der Waals surface area (Å²) >= 11 is 0. The Morgan fingerprint density at radius 1 is 0.571 bits per heavy atom. The van der Waals surface area contributed by atoms with Gasteiger partial charge >= 0.3 is 0 Å². The molecular formula is C33H49N2+. The van der Waals surface area contributed by atoms with Crippen molar-refractivity contribution >= 4 is 0 Å². The van der Waals surface area contributed by atoms with Crippen molar-refractivity contribution in [1.82, 2.24) is 4.57 Å². The van der Waals surface area contributed by atoms with E-state index in [2.05, 4.69) is 89.1 Å². The van der Waals surface area contributed by atoms with Gasteiger partial charge in [0.1, 0.15) is 18.9 Å². The molecule has 190 valence electrons. The summed E-state index contributed by atoms with van der Waals surface area (Å²) in [5, 5.41) is 0. The third kappa shape index (κ3) is 10.8. The Bertz CT molecular complexity index is 897. The molecule has 0 saturated carbocycles. The van der Waals surface area contributed by atoms with Crippen LogP contribution in [0.2, 0.25) is 0 Å². The number of benzene rings is 2. The Balaban J connectivity index is 1.35. The summed E-state index contributed by atoms with van der Waals surface area (Å²) < 4.78 is 4.93. The van der Waals surface area contributed by atoms with Gasteiger partial charge in [-0.2, -0.15) is 0 Å². The second kappa shape index (κ2) is 17.1. The van der Waals surface area contributed by atoms with Crippen LogP contribution in [0.5, 0.6) is 0 Å². The van der Waals surface area contributed by atoms with Gasteiger partial charge in [-0.3, -0.25) is 0 Å². The van der Waals surface area contributed by atoms with Crippen LogP contribution in [-0.4, -0.2) is 4.57 Å². The monoisotopic (exact) mass is 473 g/mol. The van der Waals surface area contributed by atoms with Crippen molar-refractivity contribution in [3.63, 3.8) is 0 Å². The van der Waals surface area contributed by atoms with Crippen molar-refractivity contribution < 1.29 is 4.57 Å². The normalized spacial score (nSPS) is 11.2. The van der Waals surface area contributed by atoms with E-state index < -0.39 is 0 Å². The molecule has 0 bridgehead atoms. The quantitative estimate of drug-likeness (QED) is 0.121. The zero-order chi connectivity index (χ0) is 24.4. The van der Waals surface area contributed by atoms with Gasteiger partial charge in [0, 0.05) is 0 Å². The topological polar surface area (TPSA) is 8.81 Å². The smallest absolute Gasteiger partial charge is 0.234 e. The predicted octanol–water partition coefficient (Wildman–Crippen LogP) is 8.90. The van der Waals surface area contributed by atoms with Crippen LogP contribution < -0.4 is 4.57 Å². The highest BCUT2D eigenvalue weighted by molar-refractivity contribution is 5.18. The first-order chi connectivity index (χ1) is 17.4. The highest BCUT2D eigenvalue weighted by Crippen LogP contribution is 2.14. The Morgan fingerprint density at radius 2 is 1.06 bits per heavy atom. The molecule has 0 aliphatic heterocycles. The van der Waals surface area contributed by atoms with Crippen molar-refractivity contribution in [2.24, 2.45) is 0 Å². The van der Waals surface area contributed by atoms with E-state index in [0.717, 1.165) is 19.5 Å². The number of hydrogen-bond acceptors (Lipinski definition) is 0. The number of rotatable bonds is 19. The lowest BCUT2D eigenvalue weighted by Gasteiger charge is -2.07. The fourth-order valence-corrected chi connectivity index (χ4v) is 5.08. The van der Waals surface area contributed by atoms with Crippen LogP contribution in [0.3, 0.4) is 0 Å². The molecule has 0 saturated heterocycles. The van der Waals surface area contributed by atoms with Crippen LogP contribution in [0.15, 0.2) is 73.1 Å². The Labute approximate surface area is 215 Å². The molecule has 2 heteroatoms. The van der Waals surface area contributed by atoms with Crippen molar-refractivity contribution in [3.8, 4) is 0 Å². The maximum atomic E-state index is 2.50. The average Bonchev–Trinajstić information content (AvgIpc) is 3.26. The van der Waals surface area contributed by atoms with E-state index in [4.69, 9.17) is 0 Å². The zero-order valence-corrected chi connectivity index (χ0v) is 22.3. The summed E-state index contributed by atoms with van der Waals surface area (Å²) in [7, 11) is 0. The van der Waals surface area contributed by atoms with Crippen LogP contribution in [-0.2, 0) is 19.5 Å². The summed E-state index contributed by atoms with van der Waals surface area (Å²) in [6.45, 7) is 4.36. The second-order valence-electron chi connectivity index (χ2n) is 10.3. The van der Waals surface area contributed by atoms with Crippen LogP contribution >= 0.6 is 0 Å². The van der Waals surface area contributed by atoms with E-state index in [1.165, 1.54) is 107 Å². The van der Waals surface area contributed by atoms with Crippen LogP contribution in [0.25, 0.3) is 0 Å².